The van der Waals surface area contributed by atoms with Crippen LogP contribution in [0, 0.1) is 11.8 Å². The highest BCUT2D eigenvalue weighted by molar-refractivity contribution is 7.09. The molecule has 0 unspecified atom stereocenters. The summed E-state index contributed by atoms with van der Waals surface area (Å²) in [4.78, 5) is 16.1. The predicted octanol–water partition coefficient (Wildman–Crippen LogP) is 2.54. The summed E-state index contributed by atoms with van der Waals surface area (Å²) in [6, 6.07) is 0. The number of hydrogen-bond acceptors (Lipinski definition) is 3. The molecule has 1 heterocycles. The van der Waals surface area contributed by atoms with Crippen LogP contribution in [0.4, 0.5) is 0 Å². The van der Waals surface area contributed by atoms with Gasteiger partial charge in [0, 0.05) is 17.2 Å². The molecule has 2 rings (SSSR count). The van der Waals surface area contributed by atoms with Crippen LogP contribution in [0.5, 0.6) is 0 Å². The van der Waals surface area contributed by atoms with Crippen LogP contribution in [0.1, 0.15) is 43.8 Å². The Morgan fingerprint density at radius 1 is 1.69 bits per heavy atom. The Bertz CT molecular complexity index is 386. The number of aromatic nitrogens is 1. The molecule has 0 radical (unpaired) electrons. The van der Waals surface area contributed by atoms with Crippen molar-refractivity contribution in [1.29, 1.82) is 0 Å². The average Bonchev–Trinajstić information content (AvgIpc) is 2.80. The molecule has 1 aliphatic carbocycles. The zero-order chi connectivity index (χ0) is 11.7. The molecule has 1 aliphatic rings. The van der Waals surface area contributed by atoms with E-state index in [0.717, 1.165) is 17.1 Å². The first kappa shape index (κ1) is 11.6. The van der Waals surface area contributed by atoms with Gasteiger partial charge < -0.3 is 5.32 Å². The van der Waals surface area contributed by atoms with Gasteiger partial charge in [-0.15, -0.1) is 11.3 Å². The van der Waals surface area contributed by atoms with Gasteiger partial charge in [-0.25, -0.2) is 4.98 Å². The van der Waals surface area contributed by atoms with Crippen molar-refractivity contribution in [2.45, 2.75) is 39.7 Å². The minimum Gasteiger partial charge on any atom is -0.350 e. The maximum absolute atomic E-state index is 11.6. The van der Waals surface area contributed by atoms with E-state index in [9.17, 15) is 4.79 Å². The molecule has 1 amide bonds. The largest absolute Gasteiger partial charge is 0.350 e. The zero-order valence-corrected chi connectivity index (χ0v) is 10.8. The summed E-state index contributed by atoms with van der Waals surface area (Å²) in [5.41, 5.74) is 0.982. The van der Waals surface area contributed by atoms with Gasteiger partial charge in [-0.2, -0.15) is 0 Å². The summed E-state index contributed by atoms with van der Waals surface area (Å²) in [5, 5.41) is 6.13. The molecule has 88 valence electrons. The highest BCUT2D eigenvalue weighted by Gasteiger charge is 2.38. The summed E-state index contributed by atoms with van der Waals surface area (Å²) in [5.74, 6) is 1.48. The lowest BCUT2D eigenvalue weighted by molar-refractivity contribution is -0.122. The minimum absolute atomic E-state index is 0.187. The molecule has 0 spiro atoms. The normalized spacial score (nSPS) is 23.5. The third-order valence-electron chi connectivity index (χ3n) is 2.95. The number of nitrogens with one attached hydrogen (secondary N) is 1. The van der Waals surface area contributed by atoms with Crippen LogP contribution in [-0.4, -0.2) is 10.9 Å². The topological polar surface area (TPSA) is 42.0 Å². The molecule has 4 heteroatoms. The molecule has 0 bridgehead atoms. The van der Waals surface area contributed by atoms with Crippen molar-refractivity contribution in [2.24, 2.45) is 11.8 Å². The Morgan fingerprint density at radius 3 is 2.88 bits per heavy atom. The predicted molar refractivity (Wildman–Crippen MR) is 65.3 cm³/mol. The second-order valence-corrected chi connectivity index (χ2v) is 5.76. The van der Waals surface area contributed by atoms with E-state index in [1.165, 1.54) is 0 Å². The van der Waals surface area contributed by atoms with Gasteiger partial charge in [0.05, 0.1) is 17.2 Å². The van der Waals surface area contributed by atoms with Crippen LogP contribution >= 0.6 is 11.3 Å². The van der Waals surface area contributed by atoms with Crippen LogP contribution < -0.4 is 5.32 Å². The van der Waals surface area contributed by atoms with Crippen molar-refractivity contribution in [1.82, 2.24) is 10.3 Å². The average molecular weight is 238 g/mol. The first-order chi connectivity index (χ1) is 7.58. The fourth-order valence-electron chi connectivity index (χ4n) is 1.67. The quantitative estimate of drug-likeness (QED) is 0.876. The number of rotatable bonds is 4. The van der Waals surface area contributed by atoms with Crippen LogP contribution in [0.3, 0.4) is 0 Å². The van der Waals surface area contributed by atoms with Gasteiger partial charge in [-0.1, -0.05) is 20.8 Å². The van der Waals surface area contributed by atoms with Gasteiger partial charge in [0.25, 0.3) is 0 Å². The lowest BCUT2D eigenvalue weighted by Gasteiger charge is -2.01. The summed E-state index contributed by atoms with van der Waals surface area (Å²) in [6.07, 6.45) is 1.04. The Morgan fingerprint density at radius 2 is 2.38 bits per heavy atom. The molecule has 1 fully saturated rings. The summed E-state index contributed by atoms with van der Waals surface area (Å²) < 4.78 is 0. The van der Waals surface area contributed by atoms with E-state index in [4.69, 9.17) is 0 Å². The summed E-state index contributed by atoms with van der Waals surface area (Å²) in [6.45, 7) is 6.95. The molecule has 1 aromatic heterocycles. The van der Waals surface area contributed by atoms with Crippen molar-refractivity contribution < 1.29 is 4.79 Å². The smallest absolute Gasteiger partial charge is 0.223 e. The van der Waals surface area contributed by atoms with E-state index in [-0.39, 0.29) is 11.8 Å². The molecule has 1 N–H and O–H groups in total. The van der Waals surface area contributed by atoms with Gasteiger partial charge >= 0.3 is 0 Å². The molecule has 2 atom stereocenters. The van der Waals surface area contributed by atoms with Gasteiger partial charge in [0.2, 0.25) is 5.91 Å². The molecule has 0 aliphatic heterocycles. The van der Waals surface area contributed by atoms with Crippen molar-refractivity contribution in [3.05, 3.63) is 16.1 Å². The molecule has 16 heavy (non-hydrogen) atoms. The van der Waals surface area contributed by atoms with Crippen LogP contribution in [0.2, 0.25) is 0 Å². The third-order valence-corrected chi connectivity index (χ3v) is 4.15. The molecule has 1 aromatic rings. The maximum atomic E-state index is 11.6. The van der Waals surface area contributed by atoms with Gasteiger partial charge in [0.1, 0.15) is 0 Å². The van der Waals surface area contributed by atoms with Crippen LogP contribution in [-0.2, 0) is 11.3 Å². The van der Waals surface area contributed by atoms with Crippen molar-refractivity contribution in [3.8, 4) is 0 Å². The number of thiazole rings is 1. The van der Waals surface area contributed by atoms with Gasteiger partial charge in [-0.05, 0) is 12.3 Å². The van der Waals surface area contributed by atoms with E-state index in [1.807, 2.05) is 5.38 Å². The first-order valence-corrected chi connectivity index (χ1v) is 6.68. The lowest BCUT2D eigenvalue weighted by atomic mass is 10.2. The maximum Gasteiger partial charge on any atom is 0.223 e. The van der Waals surface area contributed by atoms with Gasteiger partial charge in [0.15, 0.2) is 0 Å². The first-order valence-electron chi connectivity index (χ1n) is 5.80. The number of carbonyl (C=O) groups excluding carboxylic acids is 1. The fourth-order valence-corrected chi connectivity index (χ4v) is 2.50. The van der Waals surface area contributed by atoms with Crippen LogP contribution in [0.15, 0.2) is 5.38 Å². The number of carbonyl (C=O) groups is 1. The Labute approximate surface area is 100 Å². The van der Waals surface area contributed by atoms with Crippen molar-refractivity contribution >= 4 is 17.2 Å². The number of hydrogen-bond donors (Lipinski definition) is 1. The van der Waals surface area contributed by atoms with Gasteiger partial charge in [-0.3, -0.25) is 4.79 Å². The van der Waals surface area contributed by atoms with Crippen LogP contribution in [0.25, 0.3) is 0 Å². The lowest BCUT2D eigenvalue weighted by Crippen LogP contribution is -2.25. The summed E-state index contributed by atoms with van der Waals surface area (Å²) >= 11 is 1.67. The number of amides is 1. The SMILES string of the molecule is CC(C)c1nc(CNC(=O)[C@H]2C[C@H]2C)cs1. The Kier molecular flexibility index (Phi) is 3.28. The fraction of sp³-hybridized carbons (Fsp3) is 0.667. The summed E-state index contributed by atoms with van der Waals surface area (Å²) in [7, 11) is 0. The highest BCUT2D eigenvalue weighted by atomic mass is 32.1. The van der Waals surface area contributed by atoms with Crippen molar-refractivity contribution in [3.63, 3.8) is 0 Å². The molecular formula is C12H18N2OS. The monoisotopic (exact) mass is 238 g/mol. The number of nitrogens with zero attached hydrogens (tertiary/aromatic N) is 1. The molecule has 0 aromatic carbocycles. The third kappa shape index (κ3) is 2.61. The van der Waals surface area contributed by atoms with E-state index < -0.39 is 0 Å². The second kappa shape index (κ2) is 4.53. The Hall–Kier alpha value is -0.900. The molecule has 0 saturated heterocycles. The van der Waals surface area contributed by atoms with E-state index in [0.29, 0.717) is 18.4 Å². The molecule has 3 nitrogen and oxygen atoms in total. The van der Waals surface area contributed by atoms with E-state index in [2.05, 4.69) is 31.1 Å². The zero-order valence-electron chi connectivity index (χ0n) is 9.99. The van der Waals surface area contributed by atoms with Crippen molar-refractivity contribution in [2.75, 3.05) is 0 Å². The van der Waals surface area contributed by atoms with E-state index >= 15 is 0 Å². The molecule has 1 saturated carbocycles. The Balaban J connectivity index is 1.82. The molecular weight excluding hydrogens is 220 g/mol. The highest BCUT2D eigenvalue weighted by Crippen LogP contribution is 2.37. The second-order valence-electron chi connectivity index (χ2n) is 4.87. The standard InChI is InChI=1S/C12H18N2OS/c1-7(2)12-14-9(6-16-12)5-13-11(15)10-4-8(10)3/h6-8,10H,4-5H2,1-3H3,(H,13,15)/t8-,10+/m1/s1. The minimum atomic E-state index is 0.187. The van der Waals surface area contributed by atoms with E-state index in [1.54, 1.807) is 11.3 Å².